The van der Waals surface area contributed by atoms with Crippen LogP contribution in [0.4, 0.5) is 5.69 Å². The third kappa shape index (κ3) is 3.69. The number of hydrogen-bond acceptors (Lipinski definition) is 4. The molecule has 5 nitrogen and oxygen atoms in total. The Labute approximate surface area is 141 Å². The van der Waals surface area contributed by atoms with Crippen LogP contribution in [0.25, 0.3) is 0 Å². The fraction of sp³-hybridized carbons (Fsp3) is 0.263. The fourth-order valence-corrected chi connectivity index (χ4v) is 2.74. The van der Waals surface area contributed by atoms with Crippen molar-refractivity contribution in [1.82, 2.24) is 5.32 Å². The standard InChI is InChI=1S/C19H20N2O3/c1-13-17(20-10-11-24-13)19(23)21-16-9-5-8-15(12-16)18(22)14-6-3-2-4-7-14/h2-9,12-13,17,20H,10-11H2,1H3,(H,21,23)/t13-,17+/m1/s1. The quantitative estimate of drug-likeness (QED) is 0.847. The maximum Gasteiger partial charge on any atom is 0.244 e. The van der Waals surface area contributed by atoms with E-state index in [9.17, 15) is 9.59 Å². The zero-order valence-corrected chi connectivity index (χ0v) is 13.5. The normalized spacial score (nSPS) is 20.4. The van der Waals surface area contributed by atoms with E-state index in [0.717, 1.165) is 0 Å². The summed E-state index contributed by atoms with van der Waals surface area (Å²) in [6.45, 7) is 3.12. The summed E-state index contributed by atoms with van der Waals surface area (Å²) in [5, 5.41) is 6.00. The van der Waals surface area contributed by atoms with Gasteiger partial charge in [0, 0.05) is 23.4 Å². The second-order valence-electron chi connectivity index (χ2n) is 5.77. The molecule has 0 bridgehead atoms. The van der Waals surface area contributed by atoms with Crippen LogP contribution in [0.1, 0.15) is 22.8 Å². The second kappa shape index (κ2) is 7.38. The number of hydrogen-bond donors (Lipinski definition) is 2. The molecule has 0 radical (unpaired) electrons. The molecule has 1 saturated heterocycles. The first-order valence-electron chi connectivity index (χ1n) is 8.01. The van der Waals surface area contributed by atoms with Crippen molar-refractivity contribution >= 4 is 17.4 Å². The Hall–Kier alpha value is -2.50. The molecule has 0 aromatic heterocycles. The number of ketones is 1. The van der Waals surface area contributed by atoms with E-state index in [1.807, 2.05) is 25.1 Å². The molecular formula is C19H20N2O3. The summed E-state index contributed by atoms with van der Waals surface area (Å²) in [4.78, 5) is 24.9. The van der Waals surface area contributed by atoms with Crippen LogP contribution < -0.4 is 10.6 Å². The van der Waals surface area contributed by atoms with Gasteiger partial charge in [-0.15, -0.1) is 0 Å². The minimum absolute atomic E-state index is 0.0702. The summed E-state index contributed by atoms with van der Waals surface area (Å²) in [6, 6.07) is 15.7. The number of nitrogens with one attached hydrogen (secondary N) is 2. The van der Waals surface area contributed by atoms with E-state index < -0.39 is 6.04 Å². The summed E-state index contributed by atoms with van der Waals surface area (Å²) < 4.78 is 5.49. The molecule has 3 rings (SSSR count). The first-order valence-corrected chi connectivity index (χ1v) is 8.01. The van der Waals surface area contributed by atoms with E-state index in [0.29, 0.717) is 30.0 Å². The number of anilines is 1. The van der Waals surface area contributed by atoms with Gasteiger partial charge in [-0.2, -0.15) is 0 Å². The van der Waals surface area contributed by atoms with Crippen molar-refractivity contribution in [1.29, 1.82) is 0 Å². The van der Waals surface area contributed by atoms with E-state index in [4.69, 9.17) is 4.74 Å². The van der Waals surface area contributed by atoms with Gasteiger partial charge in [-0.1, -0.05) is 42.5 Å². The Bertz CT molecular complexity index is 730. The summed E-state index contributed by atoms with van der Waals surface area (Å²) in [7, 11) is 0. The van der Waals surface area contributed by atoms with Gasteiger partial charge < -0.3 is 15.4 Å². The number of ether oxygens (including phenoxy) is 1. The van der Waals surface area contributed by atoms with Crippen LogP contribution in [0.5, 0.6) is 0 Å². The van der Waals surface area contributed by atoms with Crippen molar-refractivity contribution < 1.29 is 14.3 Å². The number of carbonyl (C=O) groups is 2. The zero-order valence-electron chi connectivity index (χ0n) is 13.5. The van der Waals surface area contributed by atoms with Gasteiger partial charge in [0.1, 0.15) is 6.04 Å². The molecule has 1 fully saturated rings. The van der Waals surface area contributed by atoms with Crippen LogP contribution in [-0.2, 0) is 9.53 Å². The highest BCUT2D eigenvalue weighted by Gasteiger charge is 2.28. The van der Waals surface area contributed by atoms with Gasteiger partial charge in [-0.05, 0) is 19.1 Å². The van der Waals surface area contributed by atoms with Crippen LogP contribution in [-0.4, -0.2) is 37.0 Å². The Morgan fingerprint density at radius 1 is 1.08 bits per heavy atom. The number of amides is 1. The third-order valence-corrected chi connectivity index (χ3v) is 4.03. The highest BCUT2D eigenvalue weighted by Crippen LogP contribution is 2.16. The van der Waals surface area contributed by atoms with Crippen LogP contribution in [0.15, 0.2) is 54.6 Å². The maximum absolute atomic E-state index is 12.5. The SMILES string of the molecule is C[C@H]1OCCN[C@@H]1C(=O)Nc1cccc(C(=O)c2ccccc2)c1. The summed E-state index contributed by atoms with van der Waals surface area (Å²) in [5.41, 5.74) is 1.76. The number of carbonyl (C=O) groups excluding carboxylic acids is 2. The summed E-state index contributed by atoms with van der Waals surface area (Å²) >= 11 is 0. The lowest BCUT2D eigenvalue weighted by Gasteiger charge is -2.29. The summed E-state index contributed by atoms with van der Waals surface area (Å²) in [5.74, 6) is -0.231. The van der Waals surface area contributed by atoms with Gasteiger partial charge in [0.05, 0.1) is 12.7 Å². The van der Waals surface area contributed by atoms with Crippen molar-refractivity contribution in [2.24, 2.45) is 0 Å². The lowest BCUT2D eigenvalue weighted by molar-refractivity contribution is -0.123. The van der Waals surface area contributed by atoms with Crippen molar-refractivity contribution in [3.8, 4) is 0 Å². The molecule has 2 N–H and O–H groups in total. The predicted octanol–water partition coefficient (Wildman–Crippen LogP) is 2.23. The first kappa shape index (κ1) is 16.4. The van der Waals surface area contributed by atoms with Crippen LogP contribution in [0.2, 0.25) is 0 Å². The van der Waals surface area contributed by atoms with E-state index in [1.165, 1.54) is 0 Å². The molecule has 24 heavy (non-hydrogen) atoms. The van der Waals surface area contributed by atoms with E-state index in [-0.39, 0.29) is 17.8 Å². The van der Waals surface area contributed by atoms with Gasteiger partial charge >= 0.3 is 0 Å². The zero-order chi connectivity index (χ0) is 16.9. The molecule has 2 atom stereocenters. The molecular weight excluding hydrogens is 304 g/mol. The van der Waals surface area contributed by atoms with Crippen LogP contribution >= 0.6 is 0 Å². The molecule has 5 heteroatoms. The van der Waals surface area contributed by atoms with Crippen molar-refractivity contribution in [2.45, 2.75) is 19.1 Å². The number of benzene rings is 2. The third-order valence-electron chi connectivity index (χ3n) is 4.03. The molecule has 1 amide bonds. The molecule has 1 aliphatic rings. The number of rotatable bonds is 4. The minimum atomic E-state index is -0.396. The first-order chi connectivity index (χ1) is 11.6. The van der Waals surface area contributed by atoms with Gasteiger partial charge in [0.2, 0.25) is 5.91 Å². The fourth-order valence-electron chi connectivity index (χ4n) is 2.74. The second-order valence-corrected chi connectivity index (χ2v) is 5.77. The Balaban J connectivity index is 1.73. The average Bonchev–Trinajstić information content (AvgIpc) is 2.62. The van der Waals surface area contributed by atoms with Crippen molar-refractivity contribution in [3.63, 3.8) is 0 Å². The topological polar surface area (TPSA) is 67.4 Å². The summed E-state index contributed by atoms with van der Waals surface area (Å²) in [6.07, 6.45) is -0.187. The van der Waals surface area contributed by atoms with Gasteiger partial charge in [0.15, 0.2) is 5.78 Å². The largest absolute Gasteiger partial charge is 0.375 e. The maximum atomic E-state index is 12.5. The van der Waals surface area contributed by atoms with E-state index in [1.54, 1.807) is 36.4 Å². The highest BCUT2D eigenvalue weighted by molar-refractivity contribution is 6.09. The average molecular weight is 324 g/mol. The Morgan fingerprint density at radius 2 is 1.83 bits per heavy atom. The van der Waals surface area contributed by atoms with Crippen LogP contribution in [0, 0.1) is 0 Å². The smallest absolute Gasteiger partial charge is 0.244 e. The molecule has 0 unspecified atom stereocenters. The molecule has 0 aliphatic carbocycles. The molecule has 2 aromatic carbocycles. The van der Waals surface area contributed by atoms with E-state index in [2.05, 4.69) is 10.6 Å². The van der Waals surface area contributed by atoms with E-state index >= 15 is 0 Å². The lowest BCUT2D eigenvalue weighted by Crippen LogP contribution is -2.53. The molecule has 124 valence electrons. The van der Waals surface area contributed by atoms with Crippen molar-refractivity contribution in [2.75, 3.05) is 18.5 Å². The molecule has 2 aromatic rings. The molecule has 0 saturated carbocycles. The van der Waals surface area contributed by atoms with Gasteiger partial charge in [-0.3, -0.25) is 9.59 Å². The monoisotopic (exact) mass is 324 g/mol. The van der Waals surface area contributed by atoms with Crippen LogP contribution in [0.3, 0.4) is 0 Å². The number of morpholine rings is 1. The molecule has 0 spiro atoms. The Morgan fingerprint density at radius 3 is 2.58 bits per heavy atom. The molecule has 1 aliphatic heterocycles. The predicted molar refractivity (Wildman–Crippen MR) is 92.2 cm³/mol. The van der Waals surface area contributed by atoms with Gasteiger partial charge in [0.25, 0.3) is 0 Å². The Kier molecular flexibility index (Phi) is 5.03. The van der Waals surface area contributed by atoms with Crippen molar-refractivity contribution in [3.05, 3.63) is 65.7 Å². The lowest BCUT2D eigenvalue weighted by atomic mass is 10.0. The highest BCUT2D eigenvalue weighted by atomic mass is 16.5. The van der Waals surface area contributed by atoms with Gasteiger partial charge in [-0.25, -0.2) is 0 Å². The molecule has 1 heterocycles. The minimum Gasteiger partial charge on any atom is -0.375 e.